The maximum atomic E-state index is 14.7. The fourth-order valence-electron chi connectivity index (χ4n) is 4.74. The number of benzene rings is 1. The second-order valence-corrected chi connectivity index (χ2v) is 8.91. The topological polar surface area (TPSA) is 75.7 Å². The number of likely N-dealkylation sites (tertiary alicyclic amines) is 1. The molecule has 0 aliphatic carbocycles. The van der Waals surface area contributed by atoms with Gasteiger partial charge in [0.25, 0.3) is 0 Å². The summed E-state index contributed by atoms with van der Waals surface area (Å²) in [6.45, 7) is 2.73. The Kier molecular flexibility index (Phi) is 6.34. The number of aromatic nitrogens is 3. The third kappa shape index (κ3) is 4.55. The molecule has 35 heavy (non-hydrogen) atoms. The number of nitrogens with zero attached hydrogens (tertiary/aromatic N) is 5. The van der Waals surface area contributed by atoms with Crippen molar-refractivity contribution in [2.45, 2.75) is 12.8 Å². The molecule has 4 aromatic rings. The molecular formula is C27H26FN5O2. The second-order valence-electron chi connectivity index (χ2n) is 8.91. The number of rotatable bonds is 6. The Morgan fingerprint density at radius 1 is 1.17 bits per heavy atom. The first-order valence-electron chi connectivity index (χ1n) is 11.6. The second kappa shape index (κ2) is 9.72. The molecule has 178 valence electrons. The summed E-state index contributed by atoms with van der Waals surface area (Å²) in [7, 11) is 3.53. The van der Waals surface area contributed by atoms with Crippen molar-refractivity contribution in [2.75, 3.05) is 33.9 Å². The number of pyridine rings is 2. The highest BCUT2D eigenvalue weighted by molar-refractivity contribution is 5.86. The summed E-state index contributed by atoms with van der Waals surface area (Å²) < 4.78 is 27.9. The van der Waals surface area contributed by atoms with E-state index in [0.29, 0.717) is 29.4 Å². The fraction of sp³-hybridized carbons (Fsp3) is 0.296. The highest BCUT2D eigenvalue weighted by atomic mass is 19.1. The molecule has 0 saturated carbocycles. The average molecular weight is 472 g/mol. The molecule has 1 aliphatic heterocycles. The van der Waals surface area contributed by atoms with Crippen LogP contribution in [0.4, 0.5) is 4.39 Å². The molecular weight excluding hydrogens is 445 g/mol. The molecule has 0 spiro atoms. The third-order valence-corrected chi connectivity index (χ3v) is 6.46. The lowest BCUT2D eigenvalue weighted by atomic mass is 9.98. The zero-order valence-electron chi connectivity index (χ0n) is 19.7. The summed E-state index contributed by atoms with van der Waals surface area (Å²) in [6.07, 6.45) is 7.33. The van der Waals surface area contributed by atoms with Crippen molar-refractivity contribution in [1.82, 2.24) is 19.3 Å². The summed E-state index contributed by atoms with van der Waals surface area (Å²) in [4.78, 5) is 10.8. The largest absolute Gasteiger partial charge is 0.491 e. The van der Waals surface area contributed by atoms with E-state index in [-0.39, 0.29) is 5.88 Å². The lowest BCUT2D eigenvalue weighted by Crippen LogP contribution is -2.34. The van der Waals surface area contributed by atoms with Crippen molar-refractivity contribution in [2.24, 2.45) is 5.92 Å². The molecule has 0 N–H and O–H groups in total. The molecule has 4 heterocycles. The van der Waals surface area contributed by atoms with Gasteiger partial charge in [-0.25, -0.2) is 14.4 Å². The Balaban J connectivity index is 1.63. The molecule has 1 aromatic carbocycles. The molecule has 5 rings (SSSR count). The Morgan fingerprint density at radius 3 is 2.71 bits per heavy atom. The first-order chi connectivity index (χ1) is 17.1. The number of imidazole rings is 1. The molecule has 0 bridgehead atoms. The van der Waals surface area contributed by atoms with Crippen LogP contribution in [-0.2, 0) is 0 Å². The number of hydrogen-bond acceptors (Lipinski definition) is 6. The van der Waals surface area contributed by atoms with Gasteiger partial charge in [0.15, 0.2) is 5.82 Å². The molecule has 0 amide bonds. The van der Waals surface area contributed by atoms with Gasteiger partial charge in [-0.05, 0) is 56.3 Å². The lowest BCUT2D eigenvalue weighted by Gasteiger charge is -2.29. The van der Waals surface area contributed by atoms with Gasteiger partial charge in [0, 0.05) is 29.8 Å². The minimum absolute atomic E-state index is 0.0621. The van der Waals surface area contributed by atoms with Gasteiger partial charge in [-0.3, -0.25) is 4.40 Å². The monoisotopic (exact) mass is 471 g/mol. The third-order valence-electron chi connectivity index (χ3n) is 6.46. The van der Waals surface area contributed by atoms with Crippen molar-refractivity contribution < 1.29 is 13.9 Å². The average Bonchev–Trinajstić information content (AvgIpc) is 3.37. The van der Waals surface area contributed by atoms with E-state index in [1.54, 1.807) is 30.9 Å². The van der Waals surface area contributed by atoms with Crippen molar-refractivity contribution in [1.29, 1.82) is 5.26 Å². The molecule has 1 saturated heterocycles. The standard InChI is InChI=1S/C27H26FN5O2/c1-32-9-3-4-19(15-32)16-35-25-11-22(20-7-5-18(12-29)6-8-20)26(33-17-30-14-24(25)33)21-10-23(28)27(34-2)31-13-21/h5-8,10-11,13-14,17,19H,3-4,9,15-16H2,1-2H3. The molecule has 7 nitrogen and oxygen atoms in total. The summed E-state index contributed by atoms with van der Waals surface area (Å²) in [6, 6.07) is 12.8. The summed E-state index contributed by atoms with van der Waals surface area (Å²) in [5.74, 6) is 0.550. The van der Waals surface area contributed by atoms with Gasteiger partial charge in [0.1, 0.15) is 11.3 Å². The SMILES string of the molecule is COc1ncc(-c2c(-c3ccc(C#N)cc3)cc(OCC3CCCN(C)C3)c3cncn23)cc1F. The van der Waals surface area contributed by atoms with Crippen LogP contribution >= 0.6 is 0 Å². The van der Waals surface area contributed by atoms with Crippen molar-refractivity contribution >= 4 is 5.52 Å². The number of methoxy groups -OCH3 is 1. The van der Waals surface area contributed by atoms with E-state index < -0.39 is 5.82 Å². The van der Waals surface area contributed by atoms with Crippen molar-refractivity contribution in [3.63, 3.8) is 0 Å². The Morgan fingerprint density at radius 2 is 2.00 bits per heavy atom. The lowest BCUT2D eigenvalue weighted by molar-refractivity contribution is 0.151. The van der Waals surface area contributed by atoms with Gasteiger partial charge in [0.2, 0.25) is 5.88 Å². The molecule has 1 aliphatic rings. The first kappa shape index (κ1) is 22.8. The van der Waals surface area contributed by atoms with Crippen LogP contribution in [0.2, 0.25) is 0 Å². The number of nitriles is 1. The number of fused-ring (bicyclic) bond motifs is 1. The smallest absolute Gasteiger partial charge is 0.250 e. The van der Waals surface area contributed by atoms with E-state index in [4.69, 9.17) is 9.47 Å². The summed E-state index contributed by atoms with van der Waals surface area (Å²) >= 11 is 0. The number of piperidine rings is 1. The highest BCUT2D eigenvalue weighted by Gasteiger charge is 2.21. The molecule has 1 fully saturated rings. The minimum atomic E-state index is -0.550. The Hall–Kier alpha value is -3.96. The zero-order valence-corrected chi connectivity index (χ0v) is 19.7. The van der Waals surface area contributed by atoms with Gasteiger partial charge >= 0.3 is 0 Å². The minimum Gasteiger partial charge on any atom is -0.491 e. The van der Waals surface area contributed by atoms with E-state index in [2.05, 4.69) is 28.0 Å². The van der Waals surface area contributed by atoms with Crippen LogP contribution in [0.5, 0.6) is 11.6 Å². The van der Waals surface area contributed by atoms with Crippen LogP contribution in [-0.4, -0.2) is 53.1 Å². The molecule has 3 aromatic heterocycles. The van der Waals surface area contributed by atoms with Crippen LogP contribution in [0.25, 0.3) is 27.9 Å². The van der Waals surface area contributed by atoms with E-state index in [1.807, 2.05) is 22.6 Å². The number of ether oxygens (including phenoxy) is 2. The molecule has 1 unspecified atom stereocenters. The van der Waals surface area contributed by atoms with E-state index in [9.17, 15) is 9.65 Å². The quantitative estimate of drug-likeness (QED) is 0.402. The van der Waals surface area contributed by atoms with E-state index >= 15 is 0 Å². The van der Waals surface area contributed by atoms with Gasteiger partial charge in [0.05, 0.1) is 43.6 Å². The normalized spacial score (nSPS) is 16.2. The molecule has 0 radical (unpaired) electrons. The predicted octanol–water partition coefficient (Wildman–Crippen LogP) is 4.80. The summed E-state index contributed by atoms with van der Waals surface area (Å²) in [5.41, 5.74) is 4.34. The van der Waals surface area contributed by atoms with Gasteiger partial charge in [-0.15, -0.1) is 0 Å². The van der Waals surface area contributed by atoms with Crippen molar-refractivity contribution in [3.05, 3.63) is 66.5 Å². The van der Waals surface area contributed by atoms with Gasteiger partial charge in [-0.2, -0.15) is 5.26 Å². The Bertz CT molecular complexity index is 1390. The van der Waals surface area contributed by atoms with Crippen LogP contribution < -0.4 is 9.47 Å². The van der Waals surface area contributed by atoms with Gasteiger partial charge in [-0.1, -0.05) is 12.1 Å². The van der Waals surface area contributed by atoms with Crippen LogP contribution in [0.1, 0.15) is 18.4 Å². The van der Waals surface area contributed by atoms with Crippen LogP contribution in [0.15, 0.2) is 55.1 Å². The molecule has 1 atom stereocenters. The first-order valence-corrected chi connectivity index (χ1v) is 11.6. The fourth-order valence-corrected chi connectivity index (χ4v) is 4.74. The van der Waals surface area contributed by atoms with Gasteiger partial charge < -0.3 is 14.4 Å². The summed E-state index contributed by atoms with van der Waals surface area (Å²) in [5, 5.41) is 9.23. The maximum absolute atomic E-state index is 14.7. The highest BCUT2D eigenvalue weighted by Crippen LogP contribution is 2.38. The van der Waals surface area contributed by atoms with E-state index in [0.717, 1.165) is 48.3 Å². The number of hydrogen-bond donors (Lipinski definition) is 0. The van der Waals surface area contributed by atoms with Crippen LogP contribution in [0, 0.1) is 23.1 Å². The van der Waals surface area contributed by atoms with E-state index in [1.165, 1.54) is 13.2 Å². The zero-order chi connectivity index (χ0) is 24.4. The number of halogens is 1. The Labute approximate surface area is 203 Å². The van der Waals surface area contributed by atoms with Crippen LogP contribution in [0.3, 0.4) is 0 Å². The maximum Gasteiger partial charge on any atom is 0.250 e. The predicted molar refractivity (Wildman–Crippen MR) is 131 cm³/mol. The van der Waals surface area contributed by atoms with Crippen molar-refractivity contribution in [3.8, 4) is 40.1 Å². The molecule has 8 heteroatoms.